The summed E-state index contributed by atoms with van der Waals surface area (Å²) in [5, 5.41) is 1.08. The van der Waals surface area contributed by atoms with Crippen LogP contribution in [0.15, 0.2) is 18.2 Å². The average Bonchev–Trinajstić information content (AvgIpc) is 2.93. The van der Waals surface area contributed by atoms with Gasteiger partial charge in [0.2, 0.25) is 0 Å². The first-order valence-corrected chi connectivity index (χ1v) is 6.91. The third-order valence-corrected chi connectivity index (χ3v) is 4.14. The van der Waals surface area contributed by atoms with E-state index in [0.29, 0.717) is 27.6 Å². The topological polar surface area (TPSA) is 22.1 Å². The summed E-state index contributed by atoms with van der Waals surface area (Å²) in [6, 6.07) is 4.82. The SMILES string of the molecule is COc1ccc(F)c2nc(C3CCCC3)cc(Cl)c12. The third-order valence-electron chi connectivity index (χ3n) is 3.84. The number of aromatic nitrogens is 1. The maximum atomic E-state index is 14.0. The van der Waals surface area contributed by atoms with Gasteiger partial charge in [0, 0.05) is 11.6 Å². The van der Waals surface area contributed by atoms with E-state index in [1.807, 2.05) is 6.07 Å². The molecule has 1 fully saturated rings. The van der Waals surface area contributed by atoms with E-state index in [9.17, 15) is 4.39 Å². The highest BCUT2D eigenvalue weighted by Gasteiger charge is 2.21. The molecule has 0 aliphatic heterocycles. The van der Waals surface area contributed by atoms with E-state index in [1.165, 1.54) is 18.9 Å². The second kappa shape index (κ2) is 4.97. The molecule has 0 bridgehead atoms. The highest BCUT2D eigenvalue weighted by atomic mass is 35.5. The molecule has 2 aromatic rings. The zero-order valence-corrected chi connectivity index (χ0v) is 11.5. The molecule has 0 spiro atoms. The van der Waals surface area contributed by atoms with Gasteiger partial charge in [-0.25, -0.2) is 9.37 Å². The summed E-state index contributed by atoms with van der Waals surface area (Å²) in [4.78, 5) is 4.49. The number of nitrogens with zero attached hydrogens (tertiary/aromatic N) is 1. The Bertz CT molecular complexity index is 623. The predicted molar refractivity (Wildman–Crippen MR) is 74.5 cm³/mol. The van der Waals surface area contributed by atoms with Crippen molar-refractivity contribution in [3.63, 3.8) is 0 Å². The maximum Gasteiger partial charge on any atom is 0.149 e. The van der Waals surface area contributed by atoms with Crippen molar-refractivity contribution in [3.05, 3.63) is 34.7 Å². The third kappa shape index (κ3) is 2.16. The van der Waals surface area contributed by atoms with Crippen molar-refractivity contribution in [1.82, 2.24) is 4.98 Å². The van der Waals surface area contributed by atoms with Crippen LogP contribution in [0, 0.1) is 5.82 Å². The summed E-state index contributed by atoms with van der Waals surface area (Å²) in [5.41, 5.74) is 1.22. The van der Waals surface area contributed by atoms with Crippen molar-refractivity contribution < 1.29 is 9.13 Å². The number of rotatable bonds is 2. The summed E-state index contributed by atoms with van der Waals surface area (Å²) in [6.45, 7) is 0. The number of halogens is 2. The van der Waals surface area contributed by atoms with E-state index in [2.05, 4.69) is 4.98 Å². The molecular formula is C15H15ClFNO. The second-order valence-corrected chi connectivity index (χ2v) is 5.39. The number of fused-ring (bicyclic) bond motifs is 1. The summed E-state index contributed by atoms with van der Waals surface area (Å²) < 4.78 is 19.2. The lowest BCUT2D eigenvalue weighted by Gasteiger charge is -2.13. The summed E-state index contributed by atoms with van der Waals surface area (Å²) in [5.74, 6) is 0.622. The fourth-order valence-electron chi connectivity index (χ4n) is 2.85. The Morgan fingerprint density at radius 3 is 2.74 bits per heavy atom. The zero-order chi connectivity index (χ0) is 13.4. The maximum absolute atomic E-state index is 14.0. The number of methoxy groups -OCH3 is 1. The molecule has 0 amide bonds. The zero-order valence-electron chi connectivity index (χ0n) is 10.7. The number of ether oxygens (including phenoxy) is 1. The monoisotopic (exact) mass is 279 g/mol. The van der Waals surface area contributed by atoms with Gasteiger partial charge in [0.15, 0.2) is 0 Å². The van der Waals surface area contributed by atoms with E-state index in [4.69, 9.17) is 16.3 Å². The molecule has 1 saturated carbocycles. The normalized spacial score (nSPS) is 16.2. The molecule has 100 valence electrons. The van der Waals surface area contributed by atoms with Crippen molar-refractivity contribution in [1.29, 1.82) is 0 Å². The fourth-order valence-corrected chi connectivity index (χ4v) is 3.15. The largest absolute Gasteiger partial charge is 0.496 e. The van der Waals surface area contributed by atoms with Crippen LogP contribution < -0.4 is 4.74 Å². The molecule has 1 aliphatic carbocycles. The Hall–Kier alpha value is -1.35. The first-order chi connectivity index (χ1) is 9.20. The van der Waals surface area contributed by atoms with Gasteiger partial charge in [-0.1, -0.05) is 24.4 Å². The number of hydrogen-bond acceptors (Lipinski definition) is 2. The molecule has 4 heteroatoms. The summed E-state index contributed by atoms with van der Waals surface area (Å²) in [7, 11) is 1.55. The highest BCUT2D eigenvalue weighted by Crippen LogP contribution is 2.38. The van der Waals surface area contributed by atoms with E-state index in [0.717, 1.165) is 18.5 Å². The van der Waals surface area contributed by atoms with E-state index in [1.54, 1.807) is 13.2 Å². The molecule has 1 heterocycles. The highest BCUT2D eigenvalue weighted by molar-refractivity contribution is 6.36. The average molecular weight is 280 g/mol. The summed E-state index contributed by atoms with van der Waals surface area (Å²) >= 11 is 6.31. The van der Waals surface area contributed by atoms with Gasteiger partial charge in [-0.3, -0.25) is 0 Å². The molecule has 1 aromatic carbocycles. The van der Waals surface area contributed by atoms with Crippen LogP contribution in [0.2, 0.25) is 5.02 Å². The molecule has 0 unspecified atom stereocenters. The van der Waals surface area contributed by atoms with Crippen LogP contribution in [0.4, 0.5) is 4.39 Å². The van der Waals surface area contributed by atoms with Gasteiger partial charge in [0.25, 0.3) is 0 Å². The smallest absolute Gasteiger partial charge is 0.149 e. The fraction of sp³-hybridized carbons (Fsp3) is 0.400. The molecule has 1 aliphatic rings. The second-order valence-electron chi connectivity index (χ2n) is 4.98. The van der Waals surface area contributed by atoms with Crippen LogP contribution in [-0.4, -0.2) is 12.1 Å². The first kappa shape index (κ1) is 12.7. The van der Waals surface area contributed by atoms with Crippen molar-refractivity contribution >= 4 is 22.5 Å². The van der Waals surface area contributed by atoms with Gasteiger partial charge in [-0.05, 0) is 31.0 Å². The molecule has 0 radical (unpaired) electrons. The molecule has 3 rings (SSSR count). The minimum absolute atomic E-state index is 0.314. The predicted octanol–water partition coefficient (Wildman–Crippen LogP) is 4.69. The Morgan fingerprint density at radius 1 is 1.32 bits per heavy atom. The van der Waals surface area contributed by atoms with Gasteiger partial charge >= 0.3 is 0 Å². The lowest BCUT2D eigenvalue weighted by molar-refractivity contribution is 0.419. The molecule has 0 atom stereocenters. The van der Waals surface area contributed by atoms with Crippen LogP contribution in [0.1, 0.15) is 37.3 Å². The minimum atomic E-state index is -0.349. The standard InChI is InChI=1S/C15H15ClFNO/c1-19-13-7-6-11(17)15-14(13)10(16)8-12(18-15)9-4-2-3-5-9/h6-9H,2-5H2,1H3. The molecule has 2 nitrogen and oxygen atoms in total. The van der Waals surface area contributed by atoms with Gasteiger partial charge in [-0.2, -0.15) is 0 Å². The van der Waals surface area contributed by atoms with E-state index < -0.39 is 0 Å². The Labute approximate surface area is 116 Å². The lowest BCUT2D eigenvalue weighted by Crippen LogP contribution is -1.99. The lowest BCUT2D eigenvalue weighted by atomic mass is 10.0. The summed E-state index contributed by atoms with van der Waals surface area (Å²) in [6.07, 6.45) is 4.64. The van der Waals surface area contributed by atoms with Gasteiger partial charge in [-0.15, -0.1) is 0 Å². The molecule has 0 N–H and O–H groups in total. The molecule has 19 heavy (non-hydrogen) atoms. The van der Waals surface area contributed by atoms with Gasteiger partial charge < -0.3 is 4.74 Å². The van der Waals surface area contributed by atoms with Crippen molar-refractivity contribution in [3.8, 4) is 5.75 Å². The Kier molecular flexibility index (Phi) is 3.31. The van der Waals surface area contributed by atoms with Crippen LogP contribution in [0.25, 0.3) is 10.9 Å². The van der Waals surface area contributed by atoms with E-state index >= 15 is 0 Å². The Balaban J connectivity index is 2.22. The van der Waals surface area contributed by atoms with Crippen LogP contribution in [-0.2, 0) is 0 Å². The first-order valence-electron chi connectivity index (χ1n) is 6.53. The number of hydrogen-bond donors (Lipinski definition) is 0. The van der Waals surface area contributed by atoms with Crippen molar-refractivity contribution in [2.75, 3.05) is 7.11 Å². The number of pyridine rings is 1. The van der Waals surface area contributed by atoms with E-state index in [-0.39, 0.29) is 5.82 Å². The van der Waals surface area contributed by atoms with Crippen LogP contribution >= 0.6 is 11.6 Å². The molecule has 1 aromatic heterocycles. The van der Waals surface area contributed by atoms with Crippen molar-refractivity contribution in [2.24, 2.45) is 0 Å². The van der Waals surface area contributed by atoms with Crippen LogP contribution in [0.5, 0.6) is 5.75 Å². The van der Waals surface area contributed by atoms with Gasteiger partial charge in [0.1, 0.15) is 17.1 Å². The Morgan fingerprint density at radius 2 is 2.05 bits per heavy atom. The molecule has 0 saturated heterocycles. The van der Waals surface area contributed by atoms with Crippen LogP contribution in [0.3, 0.4) is 0 Å². The number of benzene rings is 1. The van der Waals surface area contributed by atoms with Gasteiger partial charge in [0.05, 0.1) is 17.5 Å². The molecular weight excluding hydrogens is 265 g/mol. The quantitative estimate of drug-likeness (QED) is 0.795. The van der Waals surface area contributed by atoms with Crippen molar-refractivity contribution in [2.45, 2.75) is 31.6 Å². The minimum Gasteiger partial charge on any atom is -0.496 e.